The quantitative estimate of drug-likeness (QED) is 0.827. The minimum absolute atomic E-state index is 0.0625. The maximum atomic E-state index is 12.4. The van der Waals surface area contributed by atoms with Crippen LogP contribution in [0, 0.1) is 0 Å². The molecular weight excluding hydrogens is 308 g/mol. The standard InChI is InChI=1S/C18H18N2O2S/c1-4-6-8-16(7-5-2)23(22)19-15-10-11-17-14(13-15)9-12-18(21)20(17)3/h4-13,19H,1-2H2,3H3/b8-6-,16-7+. The summed E-state index contributed by atoms with van der Waals surface area (Å²) in [6.45, 7) is 7.22. The normalized spacial score (nSPS) is 13.2. The number of anilines is 1. The molecular formula is C18H18N2O2S. The molecule has 0 bridgehead atoms. The Kier molecular flexibility index (Phi) is 5.49. The van der Waals surface area contributed by atoms with E-state index in [1.54, 1.807) is 54.1 Å². The number of aromatic nitrogens is 1. The van der Waals surface area contributed by atoms with Crippen molar-refractivity contribution in [2.45, 2.75) is 0 Å². The minimum atomic E-state index is -1.43. The van der Waals surface area contributed by atoms with Gasteiger partial charge in [0.1, 0.15) is 11.0 Å². The zero-order valence-electron chi connectivity index (χ0n) is 12.9. The Bertz CT molecular complexity index is 892. The van der Waals surface area contributed by atoms with Crippen LogP contribution in [0.5, 0.6) is 0 Å². The molecule has 118 valence electrons. The fraction of sp³-hybridized carbons (Fsp3) is 0.0556. The zero-order chi connectivity index (χ0) is 16.8. The lowest BCUT2D eigenvalue weighted by Crippen LogP contribution is -2.15. The predicted octanol–water partition coefficient (Wildman–Crippen LogP) is 3.43. The van der Waals surface area contributed by atoms with Gasteiger partial charge in [-0.15, -0.1) is 0 Å². The van der Waals surface area contributed by atoms with E-state index in [-0.39, 0.29) is 5.56 Å². The molecule has 1 heterocycles. The first-order chi connectivity index (χ1) is 11.1. The maximum Gasteiger partial charge on any atom is 0.250 e. The second-order valence-corrected chi connectivity index (χ2v) is 5.99. The fourth-order valence-corrected chi connectivity index (χ4v) is 2.95. The van der Waals surface area contributed by atoms with Gasteiger partial charge in [-0.3, -0.25) is 4.79 Å². The predicted molar refractivity (Wildman–Crippen MR) is 98.6 cm³/mol. The van der Waals surface area contributed by atoms with Gasteiger partial charge >= 0.3 is 0 Å². The van der Waals surface area contributed by atoms with Gasteiger partial charge in [0.05, 0.1) is 10.4 Å². The van der Waals surface area contributed by atoms with Crippen LogP contribution in [0.2, 0.25) is 0 Å². The van der Waals surface area contributed by atoms with Gasteiger partial charge in [-0.25, -0.2) is 4.21 Å². The molecule has 0 spiro atoms. The first-order valence-electron chi connectivity index (χ1n) is 6.97. The van der Waals surface area contributed by atoms with Crippen LogP contribution in [0.1, 0.15) is 0 Å². The van der Waals surface area contributed by atoms with E-state index in [9.17, 15) is 9.00 Å². The highest BCUT2D eigenvalue weighted by Gasteiger charge is 2.06. The third-order valence-electron chi connectivity index (χ3n) is 3.23. The van der Waals surface area contributed by atoms with Gasteiger partial charge < -0.3 is 9.29 Å². The van der Waals surface area contributed by atoms with Gasteiger partial charge in [0, 0.05) is 24.2 Å². The monoisotopic (exact) mass is 326 g/mol. The second kappa shape index (κ2) is 7.56. The highest BCUT2D eigenvalue weighted by atomic mass is 32.2. The van der Waals surface area contributed by atoms with Gasteiger partial charge in [-0.2, -0.15) is 0 Å². The third kappa shape index (κ3) is 3.96. The summed E-state index contributed by atoms with van der Waals surface area (Å²) in [6, 6.07) is 8.74. The molecule has 5 heteroatoms. The molecule has 0 saturated carbocycles. The molecule has 1 N–H and O–H groups in total. The van der Waals surface area contributed by atoms with Gasteiger partial charge in [-0.1, -0.05) is 31.4 Å². The average Bonchev–Trinajstić information content (AvgIpc) is 2.55. The van der Waals surface area contributed by atoms with Crippen LogP contribution >= 0.6 is 0 Å². The minimum Gasteiger partial charge on any atom is -0.311 e. The molecule has 1 atom stereocenters. The van der Waals surface area contributed by atoms with Crippen molar-refractivity contribution in [2.75, 3.05) is 4.72 Å². The number of hydrogen-bond acceptors (Lipinski definition) is 2. The van der Waals surface area contributed by atoms with Crippen LogP contribution in [0.4, 0.5) is 5.69 Å². The van der Waals surface area contributed by atoms with Crippen LogP contribution in [-0.4, -0.2) is 8.78 Å². The van der Waals surface area contributed by atoms with E-state index in [4.69, 9.17) is 0 Å². The molecule has 23 heavy (non-hydrogen) atoms. The Morgan fingerprint density at radius 2 is 2.00 bits per heavy atom. The Hall–Kier alpha value is -2.66. The van der Waals surface area contributed by atoms with Crippen LogP contribution < -0.4 is 10.3 Å². The van der Waals surface area contributed by atoms with Crippen molar-refractivity contribution in [3.05, 3.63) is 89.1 Å². The molecule has 1 aromatic heterocycles. The summed E-state index contributed by atoms with van der Waals surface area (Å²) in [5, 5.41) is 0.894. The summed E-state index contributed by atoms with van der Waals surface area (Å²) >= 11 is 0. The molecule has 0 radical (unpaired) electrons. The third-order valence-corrected chi connectivity index (χ3v) is 4.35. The van der Waals surface area contributed by atoms with Crippen molar-refractivity contribution in [2.24, 2.45) is 7.05 Å². The van der Waals surface area contributed by atoms with E-state index in [0.29, 0.717) is 10.6 Å². The molecule has 2 aromatic rings. The van der Waals surface area contributed by atoms with E-state index in [2.05, 4.69) is 17.9 Å². The van der Waals surface area contributed by atoms with Crippen molar-refractivity contribution < 1.29 is 4.21 Å². The number of rotatable bonds is 6. The van der Waals surface area contributed by atoms with E-state index < -0.39 is 11.0 Å². The van der Waals surface area contributed by atoms with Crippen LogP contribution in [0.15, 0.2) is 83.6 Å². The van der Waals surface area contributed by atoms with E-state index in [0.717, 1.165) is 10.9 Å². The number of pyridine rings is 1. The van der Waals surface area contributed by atoms with Crippen LogP contribution in [-0.2, 0) is 18.0 Å². The molecule has 0 aliphatic rings. The summed E-state index contributed by atoms with van der Waals surface area (Å²) in [5.74, 6) is 0. The van der Waals surface area contributed by atoms with Crippen molar-refractivity contribution in [3.63, 3.8) is 0 Å². The van der Waals surface area contributed by atoms with Crippen LogP contribution in [0.25, 0.3) is 10.9 Å². The number of fused-ring (bicyclic) bond motifs is 1. The van der Waals surface area contributed by atoms with Crippen molar-refractivity contribution in [1.29, 1.82) is 0 Å². The molecule has 1 unspecified atom stereocenters. The highest BCUT2D eigenvalue weighted by molar-refractivity contribution is 7.90. The summed E-state index contributed by atoms with van der Waals surface area (Å²) < 4.78 is 16.9. The SMILES string of the molecule is C=C/C=C\C(=C/C=C)S(=O)Nc1ccc2c(ccc(=O)n2C)c1. The Labute approximate surface area is 137 Å². The van der Waals surface area contributed by atoms with Gasteiger partial charge in [-0.05, 0) is 36.4 Å². The molecule has 0 aliphatic carbocycles. The molecule has 0 aliphatic heterocycles. The van der Waals surface area contributed by atoms with Crippen molar-refractivity contribution in [3.8, 4) is 0 Å². The smallest absolute Gasteiger partial charge is 0.250 e. The molecule has 4 nitrogen and oxygen atoms in total. The van der Waals surface area contributed by atoms with E-state index >= 15 is 0 Å². The zero-order valence-corrected chi connectivity index (χ0v) is 13.7. The summed E-state index contributed by atoms with van der Waals surface area (Å²) in [5.41, 5.74) is 1.46. The number of hydrogen-bond donors (Lipinski definition) is 1. The first kappa shape index (κ1) is 16.7. The fourth-order valence-electron chi connectivity index (χ4n) is 2.07. The Morgan fingerprint density at radius 3 is 2.70 bits per heavy atom. The lowest BCUT2D eigenvalue weighted by molar-refractivity contribution is 0.690. The molecule has 0 amide bonds. The second-order valence-electron chi connectivity index (χ2n) is 4.77. The average molecular weight is 326 g/mol. The number of benzene rings is 1. The van der Waals surface area contributed by atoms with Crippen molar-refractivity contribution in [1.82, 2.24) is 4.57 Å². The van der Waals surface area contributed by atoms with Gasteiger partial charge in [0.2, 0.25) is 0 Å². The highest BCUT2D eigenvalue weighted by Crippen LogP contribution is 2.19. The number of nitrogens with one attached hydrogen (secondary N) is 1. The molecule has 0 fully saturated rings. The summed E-state index contributed by atoms with van der Waals surface area (Å²) in [4.78, 5) is 12.2. The molecule has 0 saturated heterocycles. The first-order valence-corrected chi connectivity index (χ1v) is 8.12. The lowest BCUT2D eigenvalue weighted by Gasteiger charge is -2.09. The number of allylic oxidation sites excluding steroid dienone is 5. The lowest BCUT2D eigenvalue weighted by atomic mass is 10.2. The van der Waals surface area contributed by atoms with Gasteiger partial charge in [0.25, 0.3) is 5.56 Å². The van der Waals surface area contributed by atoms with E-state index in [1.165, 1.54) is 6.07 Å². The summed E-state index contributed by atoms with van der Waals surface area (Å²) in [6.07, 6.45) is 8.30. The van der Waals surface area contributed by atoms with Crippen molar-refractivity contribution >= 4 is 27.6 Å². The number of aryl methyl sites for hydroxylation is 1. The number of nitrogens with zero attached hydrogens (tertiary/aromatic N) is 1. The largest absolute Gasteiger partial charge is 0.311 e. The topological polar surface area (TPSA) is 51.1 Å². The Morgan fingerprint density at radius 1 is 1.22 bits per heavy atom. The summed E-state index contributed by atoms with van der Waals surface area (Å²) in [7, 11) is 0.297. The Balaban J connectivity index is 2.32. The molecule has 2 rings (SSSR count). The van der Waals surface area contributed by atoms with Gasteiger partial charge in [0.15, 0.2) is 0 Å². The van der Waals surface area contributed by atoms with Crippen LogP contribution in [0.3, 0.4) is 0 Å². The van der Waals surface area contributed by atoms with E-state index in [1.807, 2.05) is 12.1 Å². The molecule has 1 aromatic carbocycles. The maximum absolute atomic E-state index is 12.4.